The molecule has 9 nitrogen and oxygen atoms in total. The maximum absolute atomic E-state index is 12.2. The molecule has 3 unspecified atom stereocenters. The third kappa shape index (κ3) is 24.8. The molecule has 2 radical (unpaired) electrons. The van der Waals surface area contributed by atoms with E-state index in [2.05, 4.69) is 26.5 Å². The number of ether oxygens (including phenoxy) is 2. The molecule has 0 spiro atoms. The van der Waals surface area contributed by atoms with Crippen LogP contribution in [0.5, 0.6) is 0 Å². The molecule has 36 heavy (non-hydrogen) atoms. The number of carbonyl (C=O) groups excluding carboxylic acids is 2. The van der Waals surface area contributed by atoms with Crippen LogP contribution in [0.15, 0.2) is 0 Å². The van der Waals surface area contributed by atoms with Crippen molar-refractivity contribution in [2.45, 2.75) is 97.2 Å². The van der Waals surface area contributed by atoms with Crippen molar-refractivity contribution in [3.05, 3.63) is 0 Å². The van der Waals surface area contributed by atoms with Gasteiger partial charge in [0.2, 0.25) is 0 Å². The second-order valence-corrected chi connectivity index (χ2v) is 10.3. The van der Waals surface area contributed by atoms with Crippen LogP contribution >= 0.6 is 12.6 Å². The summed E-state index contributed by atoms with van der Waals surface area (Å²) in [6, 6.07) is 0. The van der Waals surface area contributed by atoms with Gasteiger partial charge in [0.15, 0.2) is 5.25 Å². The molecule has 0 heterocycles. The summed E-state index contributed by atoms with van der Waals surface area (Å²) in [7, 11) is -4.76. The number of hydrogen-bond acceptors (Lipinski definition) is 8. The first-order valence-corrected chi connectivity index (χ1v) is 14.2. The number of carboxylic acid groups (broad SMARTS) is 1. The Hall–Kier alpha value is 0.469. The zero-order valence-electron chi connectivity index (χ0n) is 21.7. The summed E-state index contributed by atoms with van der Waals surface area (Å²) < 4.78 is 42.8. The first kappa shape index (κ1) is 43.5. The Kier molecular flexibility index (Phi) is 32.7. The van der Waals surface area contributed by atoms with Crippen molar-refractivity contribution in [3.63, 3.8) is 0 Å². The minimum absolute atomic E-state index is 0. The summed E-state index contributed by atoms with van der Waals surface area (Å²) in [5.41, 5.74) is 0. The van der Waals surface area contributed by atoms with E-state index in [1.807, 2.05) is 13.8 Å². The summed E-state index contributed by atoms with van der Waals surface area (Å²) in [5.74, 6) is -1.97. The number of hydrogen-bond donors (Lipinski definition) is 3. The van der Waals surface area contributed by atoms with Crippen LogP contribution in [0, 0.1) is 11.8 Å². The number of unbranched alkanes of at least 4 members (excludes halogenated alkanes) is 2. The van der Waals surface area contributed by atoms with E-state index in [9.17, 15) is 27.4 Å². The van der Waals surface area contributed by atoms with Gasteiger partial charge in [-0.05, 0) is 24.7 Å². The molecule has 2 N–H and O–H groups in total. The van der Waals surface area contributed by atoms with Gasteiger partial charge in [0, 0.05) is 5.75 Å². The molecule has 0 saturated carbocycles. The number of esters is 2. The Labute approximate surface area is 262 Å². The van der Waals surface area contributed by atoms with Crippen molar-refractivity contribution in [2.24, 2.45) is 11.8 Å². The van der Waals surface area contributed by atoms with Crippen LogP contribution in [0.25, 0.3) is 0 Å². The van der Waals surface area contributed by atoms with Crippen molar-refractivity contribution in [3.8, 4) is 0 Å². The van der Waals surface area contributed by atoms with Gasteiger partial charge in [0.25, 0.3) is 10.1 Å². The zero-order valence-corrected chi connectivity index (χ0v) is 27.5. The second-order valence-electron chi connectivity index (χ2n) is 8.22. The van der Waals surface area contributed by atoms with Gasteiger partial charge in [-0.3, -0.25) is 18.9 Å². The van der Waals surface area contributed by atoms with E-state index in [0.717, 1.165) is 51.4 Å². The molecular weight excluding hydrogens is 626 g/mol. The van der Waals surface area contributed by atoms with Crippen molar-refractivity contribution >= 4 is 94.1 Å². The van der Waals surface area contributed by atoms with E-state index in [4.69, 9.17) is 14.6 Å². The summed E-state index contributed by atoms with van der Waals surface area (Å²) in [4.78, 5) is 33.8. The van der Waals surface area contributed by atoms with E-state index < -0.39 is 39.7 Å². The molecule has 0 amide bonds. The van der Waals surface area contributed by atoms with Crippen molar-refractivity contribution < 1.29 is 41.9 Å². The Morgan fingerprint density at radius 1 is 0.889 bits per heavy atom. The van der Waals surface area contributed by atoms with Crippen LogP contribution in [-0.4, -0.2) is 114 Å². The fourth-order valence-electron chi connectivity index (χ4n) is 2.92. The maximum atomic E-state index is 12.2. The zero-order chi connectivity index (χ0) is 26.6. The van der Waals surface area contributed by atoms with Gasteiger partial charge in [0.1, 0.15) is 0 Å². The first-order chi connectivity index (χ1) is 16.0. The monoisotopic (exact) mass is 674 g/mol. The number of rotatable bonds is 18. The van der Waals surface area contributed by atoms with E-state index in [1.165, 1.54) is 0 Å². The van der Waals surface area contributed by atoms with Crippen LogP contribution in [-0.2, 0) is 34.0 Å². The topological polar surface area (TPSA) is 144 Å². The van der Waals surface area contributed by atoms with Crippen LogP contribution < -0.4 is 0 Å². The summed E-state index contributed by atoms with van der Waals surface area (Å²) >= 11 is 3.68. The van der Waals surface area contributed by atoms with Crippen LogP contribution in [0.1, 0.15) is 91.9 Å². The molecule has 3 atom stereocenters. The third-order valence-electron chi connectivity index (χ3n) is 5.33. The normalized spacial score (nSPS) is 12.9. The van der Waals surface area contributed by atoms with Crippen molar-refractivity contribution in [1.82, 2.24) is 0 Å². The standard InChI is InChI=1S/C20H38O7S.C3H6O2S.Na.Sn.3H/c1-5-9-11-16(7-3)14-26-19(21)13-18(28(23,24)25)20(22)27-15-17(8-4)12-10-6-2;4-3(5)1-2-6;;;;;/h16-18H,5-15H2,1-4H3,(H,23,24,25);6H,1-2H2,(H,4,5);;;;;. The molecule has 0 aliphatic rings. The molecule has 0 aliphatic carbocycles. The molecule has 13 heteroatoms. The summed E-state index contributed by atoms with van der Waals surface area (Å²) in [6.45, 7) is 8.35. The molecule has 0 aromatic heterocycles. The summed E-state index contributed by atoms with van der Waals surface area (Å²) in [6.07, 6.45) is 6.90. The van der Waals surface area contributed by atoms with Crippen LogP contribution in [0.2, 0.25) is 0 Å². The predicted molar refractivity (Wildman–Crippen MR) is 150 cm³/mol. The van der Waals surface area contributed by atoms with E-state index in [1.54, 1.807) is 0 Å². The van der Waals surface area contributed by atoms with E-state index in [0.29, 0.717) is 5.75 Å². The SMILES string of the molecule is CCCCC(CC)COC(=O)CC(C(=O)OCC(CC)CCCC)S(=O)(=O)O.O=C(O)CCS.[NaH].[SnH2]. The fourth-order valence-corrected chi connectivity index (χ4v) is 3.77. The number of thiol groups is 1. The van der Waals surface area contributed by atoms with Crippen LogP contribution in [0.3, 0.4) is 0 Å². The Balaban J connectivity index is -0.000000567. The van der Waals surface area contributed by atoms with E-state index >= 15 is 0 Å². The molecular formula is C23H47NaO9S2Sn. The molecule has 0 saturated heterocycles. The van der Waals surface area contributed by atoms with Gasteiger partial charge >= 0.3 is 71.4 Å². The Bertz CT molecular complexity index is 678. The van der Waals surface area contributed by atoms with Crippen molar-refractivity contribution in [1.29, 1.82) is 0 Å². The summed E-state index contributed by atoms with van der Waals surface area (Å²) in [5, 5.41) is 5.92. The second kappa shape index (κ2) is 27.1. The van der Waals surface area contributed by atoms with E-state index in [-0.39, 0.29) is 84.9 Å². The van der Waals surface area contributed by atoms with Gasteiger partial charge in [-0.25, -0.2) is 0 Å². The average molecular weight is 673 g/mol. The quantitative estimate of drug-likeness (QED) is 0.0866. The van der Waals surface area contributed by atoms with Gasteiger partial charge in [-0.2, -0.15) is 21.0 Å². The molecule has 0 fully saturated rings. The van der Waals surface area contributed by atoms with Gasteiger partial charge in [-0.15, -0.1) is 0 Å². The average Bonchev–Trinajstić information content (AvgIpc) is 2.77. The predicted octanol–water partition coefficient (Wildman–Crippen LogP) is 2.98. The molecule has 210 valence electrons. The third-order valence-corrected chi connectivity index (χ3v) is 6.63. The Morgan fingerprint density at radius 2 is 1.33 bits per heavy atom. The Morgan fingerprint density at radius 3 is 1.64 bits per heavy atom. The van der Waals surface area contributed by atoms with Gasteiger partial charge < -0.3 is 14.6 Å². The van der Waals surface area contributed by atoms with Gasteiger partial charge in [-0.1, -0.05) is 66.2 Å². The molecule has 0 aromatic carbocycles. The fraction of sp³-hybridized carbons (Fsp3) is 0.870. The molecule has 0 aromatic rings. The number of carbonyl (C=O) groups is 3. The first-order valence-electron chi connectivity index (χ1n) is 12.1. The minimum atomic E-state index is -4.76. The van der Waals surface area contributed by atoms with Crippen LogP contribution in [0.4, 0.5) is 0 Å². The number of carboxylic acids is 1. The molecule has 0 aliphatic heterocycles. The molecule has 0 bridgehead atoms. The van der Waals surface area contributed by atoms with Gasteiger partial charge in [0.05, 0.1) is 26.1 Å². The number of aliphatic carboxylic acids is 1. The van der Waals surface area contributed by atoms with Crippen molar-refractivity contribution in [2.75, 3.05) is 19.0 Å². The molecule has 0 rings (SSSR count).